The van der Waals surface area contributed by atoms with Gasteiger partial charge in [0.1, 0.15) is 5.75 Å². The van der Waals surface area contributed by atoms with Gasteiger partial charge in [0.25, 0.3) is 0 Å². The maximum atomic E-state index is 9.13. The summed E-state index contributed by atoms with van der Waals surface area (Å²) in [5, 5.41) is 10.4. The molecule has 2 nitrogen and oxygen atoms in total. The third kappa shape index (κ3) is 2.11. The summed E-state index contributed by atoms with van der Waals surface area (Å²) < 4.78 is 5.72. The number of hydrogen-bond donors (Lipinski definition) is 1. The quantitative estimate of drug-likeness (QED) is 0.683. The van der Waals surface area contributed by atoms with Crippen LogP contribution in [0.25, 0.3) is 0 Å². The predicted octanol–water partition coefficient (Wildman–Crippen LogP) is 1.40. The fourth-order valence-electron chi connectivity index (χ4n) is 1.53. The zero-order chi connectivity index (χ0) is 9.10. The number of benzene rings is 1. The summed E-state index contributed by atoms with van der Waals surface area (Å²) in [4.78, 5) is 0. The molecule has 0 spiro atoms. The van der Waals surface area contributed by atoms with Crippen LogP contribution in [0.3, 0.4) is 0 Å². The number of rotatable bonds is 1. The number of hydrogen-bond acceptors (Lipinski definition) is 2. The van der Waals surface area contributed by atoms with Crippen molar-refractivity contribution in [2.75, 3.05) is 6.61 Å². The summed E-state index contributed by atoms with van der Waals surface area (Å²) in [6.45, 7) is 0.912. The van der Waals surface area contributed by atoms with Crippen LogP contribution in [0.4, 0.5) is 0 Å². The van der Waals surface area contributed by atoms with Gasteiger partial charge in [0, 0.05) is 6.61 Å². The Morgan fingerprint density at radius 3 is 2.54 bits per heavy atom. The predicted molar refractivity (Wildman–Crippen MR) is 53.5 cm³/mol. The fraction of sp³-hybridized carbons (Fsp3) is 0.400. The molecule has 1 heterocycles. The average Bonchev–Trinajstić information content (AvgIpc) is 2.20. The SMILES string of the molecule is Oc1ccc([Si]2CCCCO2)cc1. The number of phenolic OH excluding ortho intramolecular Hbond substituents is 1. The molecule has 3 heteroatoms. The molecular formula is C10H13O2Si. The van der Waals surface area contributed by atoms with E-state index in [2.05, 4.69) is 0 Å². The van der Waals surface area contributed by atoms with Gasteiger partial charge in [0.2, 0.25) is 9.04 Å². The highest BCUT2D eigenvalue weighted by atomic mass is 28.3. The lowest BCUT2D eigenvalue weighted by molar-refractivity contribution is 0.294. The summed E-state index contributed by atoms with van der Waals surface area (Å²) >= 11 is 0. The lowest BCUT2D eigenvalue weighted by Gasteiger charge is -2.20. The maximum Gasteiger partial charge on any atom is 0.246 e. The van der Waals surface area contributed by atoms with Crippen LogP contribution in [0, 0.1) is 0 Å². The lowest BCUT2D eigenvalue weighted by Crippen LogP contribution is -2.36. The molecule has 0 unspecified atom stereocenters. The molecule has 1 aromatic carbocycles. The van der Waals surface area contributed by atoms with Gasteiger partial charge in [-0.3, -0.25) is 0 Å². The Hall–Kier alpha value is -0.803. The second-order valence-corrected chi connectivity index (χ2v) is 5.49. The number of aromatic hydroxyl groups is 1. The van der Waals surface area contributed by atoms with Crippen LogP contribution in [0.15, 0.2) is 24.3 Å². The van der Waals surface area contributed by atoms with E-state index in [-0.39, 0.29) is 0 Å². The summed E-state index contributed by atoms with van der Waals surface area (Å²) in [6.07, 6.45) is 2.49. The van der Waals surface area contributed by atoms with E-state index in [0.29, 0.717) is 5.75 Å². The summed E-state index contributed by atoms with van der Waals surface area (Å²) in [5.74, 6) is 0.335. The highest BCUT2D eigenvalue weighted by molar-refractivity contribution is 6.67. The molecule has 0 saturated carbocycles. The van der Waals surface area contributed by atoms with E-state index in [1.54, 1.807) is 12.1 Å². The molecule has 2 rings (SSSR count). The molecule has 0 aromatic heterocycles. The van der Waals surface area contributed by atoms with Gasteiger partial charge >= 0.3 is 0 Å². The van der Waals surface area contributed by atoms with E-state index in [0.717, 1.165) is 6.61 Å². The molecule has 1 aliphatic rings. The van der Waals surface area contributed by atoms with E-state index >= 15 is 0 Å². The zero-order valence-corrected chi connectivity index (χ0v) is 8.49. The van der Waals surface area contributed by atoms with Gasteiger partial charge in [-0.25, -0.2) is 0 Å². The van der Waals surface area contributed by atoms with Gasteiger partial charge in [0.05, 0.1) is 0 Å². The molecule has 0 bridgehead atoms. The Morgan fingerprint density at radius 1 is 1.15 bits per heavy atom. The molecule has 13 heavy (non-hydrogen) atoms. The Morgan fingerprint density at radius 2 is 1.92 bits per heavy atom. The van der Waals surface area contributed by atoms with Crippen molar-refractivity contribution in [2.45, 2.75) is 18.9 Å². The Kier molecular flexibility index (Phi) is 2.66. The van der Waals surface area contributed by atoms with E-state index in [9.17, 15) is 0 Å². The van der Waals surface area contributed by atoms with Crippen molar-refractivity contribution >= 4 is 14.2 Å². The van der Waals surface area contributed by atoms with Crippen LogP contribution in [0.2, 0.25) is 6.04 Å². The normalized spacial score (nSPS) is 18.8. The summed E-state index contributed by atoms with van der Waals surface area (Å²) in [7, 11) is -0.753. The van der Waals surface area contributed by atoms with Crippen LogP contribution < -0.4 is 5.19 Å². The van der Waals surface area contributed by atoms with Gasteiger partial charge < -0.3 is 9.53 Å². The van der Waals surface area contributed by atoms with Gasteiger partial charge in [0.15, 0.2) is 0 Å². The van der Waals surface area contributed by atoms with Gasteiger partial charge in [-0.1, -0.05) is 18.6 Å². The Bertz CT molecular complexity index is 265. The van der Waals surface area contributed by atoms with Crippen LogP contribution in [0.1, 0.15) is 12.8 Å². The standard InChI is InChI=1S/C10H13O2Si/c11-9-3-5-10(6-4-9)13-8-2-1-7-12-13/h3-6,11H,1-2,7-8H2. The molecule has 1 saturated heterocycles. The summed E-state index contributed by atoms with van der Waals surface area (Å²) in [6, 6.07) is 8.65. The van der Waals surface area contributed by atoms with Crippen molar-refractivity contribution in [3.8, 4) is 5.75 Å². The van der Waals surface area contributed by atoms with Crippen molar-refractivity contribution < 1.29 is 9.53 Å². The molecular weight excluding hydrogens is 180 g/mol. The third-order valence-electron chi connectivity index (χ3n) is 2.26. The molecule has 1 N–H and O–H groups in total. The van der Waals surface area contributed by atoms with Gasteiger partial charge in [-0.15, -0.1) is 0 Å². The first-order valence-electron chi connectivity index (χ1n) is 4.64. The topological polar surface area (TPSA) is 29.5 Å². The minimum Gasteiger partial charge on any atom is -0.508 e. The first-order valence-corrected chi connectivity index (χ1v) is 6.26. The second-order valence-electron chi connectivity index (χ2n) is 3.28. The van der Waals surface area contributed by atoms with Crippen molar-refractivity contribution in [3.05, 3.63) is 24.3 Å². The third-order valence-corrected chi connectivity index (χ3v) is 4.60. The highest BCUT2D eigenvalue weighted by Gasteiger charge is 2.19. The van der Waals surface area contributed by atoms with Gasteiger partial charge in [-0.05, 0) is 29.8 Å². The van der Waals surface area contributed by atoms with Crippen LogP contribution in [-0.4, -0.2) is 20.8 Å². The molecule has 1 aromatic rings. The molecule has 0 aliphatic carbocycles. The lowest BCUT2D eigenvalue weighted by atomic mass is 10.3. The van der Waals surface area contributed by atoms with Gasteiger partial charge in [-0.2, -0.15) is 0 Å². The van der Waals surface area contributed by atoms with Crippen molar-refractivity contribution in [1.82, 2.24) is 0 Å². The van der Waals surface area contributed by atoms with E-state index in [4.69, 9.17) is 9.53 Å². The molecule has 0 amide bonds. The monoisotopic (exact) mass is 193 g/mol. The van der Waals surface area contributed by atoms with Crippen LogP contribution in [0.5, 0.6) is 5.75 Å². The van der Waals surface area contributed by atoms with Crippen molar-refractivity contribution in [3.63, 3.8) is 0 Å². The molecule has 1 aliphatic heterocycles. The average molecular weight is 193 g/mol. The van der Waals surface area contributed by atoms with E-state index < -0.39 is 9.04 Å². The molecule has 1 radical (unpaired) electrons. The van der Waals surface area contributed by atoms with E-state index in [1.165, 1.54) is 24.1 Å². The smallest absolute Gasteiger partial charge is 0.246 e. The maximum absolute atomic E-state index is 9.13. The highest BCUT2D eigenvalue weighted by Crippen LogP contribution is 2.12. The van der Waals surface area contributed by atoms with Crippen molar-refractivity contribution in [1.29, 1.82) is 0 Å². The van der Waals surface area contributed by atoms with E-state index in [1.807, 2.05) is 12.1 Å². The minimum absolute atomic E-state index is 0.335. The first kappa shape index (κ1) is 8.78. The zero-order valence-electron chi connectivity index (χ0n) is 7.49. The Balaban J connectivity index is 2.10. The van der Waals surface area contributed by atoms with Crippen LogP contribution >= 0.6 is 0 Å². The first-order chi connectivity index (χ1) is 6.36. The molecule has 1 fully saturated rings. The molecule has 0 atom stereocenters. The number of phenols is 1. The van der Waals surface area contributed by atoms with Crippen LogP contribution in [-0.2, 0) is 4.43 Å². The van der Waals surface area contributed by atoms with Crippen molar-refractivity contribution in [2.24, 2.45) is 0 Å². The Labute approximate surface area is 79.9 Å². The molecule has 69 valence electrons. The fourth-order valence-corrected chi connectivity index (χ4v) is 3.63. The second kappa shape index (κ2) is 3.94. The minimum atomic E-state index is -0.753. The summed E-state index contributed by atoms with van der Waals surface area (Å²) in [5.41, 5.74) is 0. The largest absolute Gasteiger partial charge is 0.508 e.